The molecule has 7 heteroatoms. The second-order valence-corrected chi connectivity index (χ2v) is 11.4. The molecule has 0 aromatic heterocycles. The average Bonchev–Trinajstić information content (AvgIpc) is 3.26. The number of hydrogen-bond acceptors (Lipinski definition) is 6. The first kappa shape index (κ1) is 26.3. The van der Waals surface area contributed by atoms with Gasteiger partial charge in [0.1, 0.15) is 17.1 Å². The zero-order valence-corrected chi connectivity index (χ0v) is 21.3. The monoisotopic (exact) mass is 464 g/mol. The minimum atomic E-state index is -1.51. The van der Waals surface area contributed by atoms with Crippen LogP contribution in [0.15, 0.2) is 18.2 Å². The number of Topliss-reactive ketones (excluding diaryl/α,β-unsaturated/α-hetero) is 1. The zero-order chi connectivity index (χ0) is 24.2. The molecule has 1 saturated carbocycles. The molecule has 2 unspecified atom stereocenters. The number of carbonyl (C=O) groups excluding carboxylic acids is 2. The molecule has 178 valence electrons. The highest BCUT2D eigenvalue weighted by atomic mass is 31.1. The summed E-state index contributed by atoms with van der Waals surface area (Å²) in [5.41, 5.74) is -0.777. The molecule has 0 amide bonds. The summed E-state index contributed by atoms with van der Waals surface area (Å²) in [5.74, 6) is 0.0142. The van der Waals surface area contributed by atoms with Crippen molar-refractivity contribution in [2.45, 2.75) is 71.9 Å². The number of methoxy groups -OCH3 is 2. The molecule has 1 aliphatic carbocycles. The summed E-state index contributed by atoms with van der Waals surface area (Å²) >= 11 is 0. The maximum Gasteiger partial charge on any atom is 0.324 e. The third-order valence-corrected chi connectivity index (χ3v) is 7.49. The van der Waals surface area contributed by atoms with Crippen LogP contribution in [0.5, 0.6) is 11.5 Å². The third-order valence-electron chi connectivity index (χ3n) is 6.52. The van der Waals surface area contributed by atoms with Crippen molar-refractivity contribution in [2.75, 3.05) is 20.8 Å². The first-order chi connectivity index (χ1) is 15.0. The molecular weight excluding hydrogens is 427 g/mol. The molecule has 0 heterocycles. The van der Waals surface area contributed by atoms with Crippen LogP contribution in [0.4, 0.5) is 0 Å². The van der Waals surface area contributed by atoms with Gasteiger partial charge >= 0.3 is 5.97 Å². The minimum absolute atomic E-state index is 0.106. The summed E-state index contributed by atoms with van der Waals surface area (Å²) in [7, 11) is 2.55. The SMILES string of the molecule is COc1cccc(OC)c1C(=O)C1(C(C)(P=O)C(=O)OCC(C)CC(C)(C)C)CCCC1. The largest absolute Gasteiger partial charge is 0.496 e. The molecule has 6 nitrogen and oxygen atoms in total. The van der Waals surface area contributed by atoms with Gasteiger partial charge in [-0.15, -0.1) is 0 Å². The zero-order valence-electron chi connectivity index (χ0n) is 20.4. The van der Waals surface area contributed by atoms with Crippen LogP contribution in [0.3, 0.4) is 0 Å². The number of ketones is 1. The van der Waals surface area contributed by atoms with Gasteiger partial charge < -0.3 is 14.2 Å². The van der Waals surface area contributed by atoms with E-state index in [1.54, 1.807) is 25.1 Å². The van der Waals surface area contributed by atoms with Crippen LogP contribution in [0.2, 0.25) is 0 Å². The van der Waals surface area contributed by atoms with Gasteiger partial charge in [0.15, 0.2) is 19.4 Å². The predicted molar refractivity (Wildman–Crippen MR) is 125 cm³/mol. The summed E-state index contributed by atoms with van der Waals surface area (Å²) in [6, 6.07) is 5.12. The number of esters is 1. The third kappa shape index (κ3) is 5.17. The van der Waals surface area contributed by atoms with Crippen molar-refractivity contribution in [1.29, 1.82) is 0 Å². The smallest absolute Gasteiger partial charge is 0.324 e. The fourth-order valence-corrected chi connectivity index (χ4v) is 5.65. The summed E-state index contributed by atoms with van der Waals surface area (Å²) in [6.07, 6.45) is 3.31. The molecule has 1 fully saturated rings. The number of benzene rings is 1. The fourth-order valence-electron chi connectivity index (χ4n) is 5.01. The first-order valence-electron chi connectivity index (χ1n) is 11.2. The summed E-state index contributed by atoms with van der Waals surface area (Å²) in [4.78, 5) is 27.4. The van der Waals surface area contributed by atoms with Crippen molar-refractivity contribution >= 4 is 20.2 Å². The van der Waals surface area contributed by atoms with Gasteiger partial charge in [-0.3, -0.25) is 14.2 Å². The van der Waals surface area contributed by atoms with E-state index >= 15 is 0 Å². The van der Waals surface area contributed by atoms with E-state index in [1.165, 1.54) is 14.2 Å². The highest BCUT2D eigenvalue weighted by Gasteiger charge is 2.61. The van der Waals surface area contributed by atoms with Crippen molar-refractivity contribution in [3.05, 3.63) is 23.8 Å². The van der Waals surface area contributed by atoms with E-state index in [0.29, 0.717) is 24.3 Å². The highest BCUT2D eigenvalue weighted by Crippen LogP contribution is 2.56. The Labute approximate surface area is 193 Å². The van der Waals surface area contributed by atoms with E-state index in [9.17, 15) is 14.2 Å². The van der Waals surface area contributed by atoms with E-state index in [1.807, 2.05) is 6.92 Å². The Kier molecular flexibility index (Phi) is 8.50. The molecule has 0 spiro atoms. The normalized spacial score (nSPS) is 18.6. The lowest BCUT2D eigenvalue weighted by molar-refractivity contribution is -0.150. The lowest BCUT2D eigenvalue weighted by Gasteiger charge is -2.39. The van der Waals surface area contributed by atoms with Crippen molar-refractivity contribution < 1.29 is 28.4 Å². The molecule has 0 N–H and O–H groups in total. The molecule has 32 heavy (non-hydrogen) atoms. The molecule has 1 aliphatic rings. The quantitative estimate of drug-likeness (QED) is 0.236. The predicted octanol–water partition coefficient (Wildman–Crippen LogP) is 6.11. The van der Waals surface area contributed by atoms with Crippen LogP contribution in [-0.2, 0) is 14.1 Å². The molecular formula is C25H37O6P. The van der Waals surface area contributed by atoms with Crippen LogP contribution in [0.1, 0.15) is 77.1 Å². The number of hydrogen-bond donors (Lipinski definition) is 0. The van der Waals surface area contributed by atoms with Gasteiger partial charge in [0.05, 0.1) is 26.2 Å². The fraction of sp³-hybridized carbons (Fsp3) is 0.680. The number of carbonyl (C=O) groups is 2. The Morgan fingerprint density at radius 2 is 1.59 bits per heavy atom. The topological polar surface area (TPSA) is 78.9 Å². The molecule has 2 atom stereocenters. The van der Waals surface area contributed by atoms with Gasteiger partial charge in [0.2, 0.25) is 0 Å². The molecule has 0 bridgehead atoms. The van der Waals surface area contributed by atoms with Crippen LogP contribution in [0.25, 0.3) is 0 Å². The first-order valence-corrected chi connectivity index (χ1v) is 12.0. The Morgan fingerprint density at radius 1 is 1.06 bits per heavy atom. The second-order valence-electron chi connectivity index (χ2n) is 10.3. The second kappa shape index (κ2) is 10.3. The van der Waals surface area contributed by atoms with Gasteiger partial charge in [0.25, 0.3) is 0 Å². The number of ether oxygens (including phenoxy) is 3. The molecule has 1 aromatic rings. The van der Waals surface area contributed by atoms with Crippen molar-refractivity contribution in [3.63, 3.8) is 0 Å². The maximum atomic E-state index is 14.1. The Bertz CT molecular complexity index is 815. The van der Waals surface area contributed by atoms with Crippen LogP contribution >= 0.6 is 8.46 Å². The standard InChI is InChI=1S/C25H37O6P/c1-17(15-23(2,3)4)16-31-22(27)24(5,32-28)25(13-8-9-14-25)21(26)20-18(29-6)11-10-12-19(20)30-7/h10-12,17H,8-9,13-16H2,1-7H3. The van der Waals surface area contributed by atoms with E-state index in [2.05, 4.69) is 20.8 Å². The number of rotatable bonds is 10. The Morgan fingerprint density at radius 3 is 2.03 bits per heavy atom. The lowest BCUT2D eigenvalue weighted by atomic mass is 9.68. The van der Waals surface area contributed by atoms with Gasteiger partial charge in [0, 0.05) is 0 Å². The van der Waals surface area contributed by atoms with Gasteiger partial charge in [-0.05, 0) is 49.7 Å². The van der Waals surface area contributed by atoms with E-state index < -0.39 is 25.0 Å². The van der Waals surface area contributed by atoms with Crippen LogP contribution < -0.4 is 9.47 Å². The van der Waals surface area contributed by atoms with Gasteiger partial charge in [-0.25, -0.2) is 0 Å². The van der Waals surface area contributed by atoms with Gasteiger partial charge in [-0.2, -0.15) is 0 Å². The van der Waals surface area contributed by atoms with E-state index in [0.717, 1.165) is 19.3 Å². The summed E-state index contributed by atoms with van der Waals surface area (Å²) < 4.78 is 29.1. The lowest BCUT2D eigenvalue weighted by Crippen LogP contribution is -2.52. The molecule has 0 radical (unpaired) electrons. The van der Waals surface area contributed by atoms with Crippen LogP contribution in [0, 0.1) is 16.7 Å². The van der Waals surface area contributed by atoms with Crippen molar-refractivity contribution in [1.82, 2.24) is 0 Å². The van der Waals surface area contributed by atoms with Crippen LogP contribution in [-0.4, -0.2) is 37.7 Å². The van der Waals surface area contributed by atoms with E-state index in [-0.39, 0.29) is 29.3 Å². The summed E-state index contributed by atoms with van der Waals surface area (Å²) in [6.45, 7) is 10.3. The Balaban J connectivity index is 2.43. The minimum Gasteiger partial charge on any atom is -0.496 e. The Hall–Kier alpha value is -1.94. The van der Waals surface area contributed by atoms with Crippen molar-refractivity contribution in [3.8, 4) is 11.5 Å². The highest BCUT2D eigenvalue weighted by molar-refractivity contribution is 7.28. The maximum absolute atomic E-state index is 14.1. The molecule has 0 saturated heterocycles. The van der Waals surface area contributed by atoms with Gasteiger partial charge in [-0.1, -0.05) is 46.6 Å². The average molecular weight is 465 g/mol. The molecule has 1 aromatic carbocycles. The van der Waals surface area contributed by atoms with Crippen molar-refractivity contribution in [2.24, 2.45) is 16.7 Å². The molecule has 2 rings (SSSR count). The summed E-state index contributed by atoms with van der Waals surface area (Å²) in [5, 5.41) is -1.51. The van der Waals surface area contributed by atoms with E-state index in [4.69, 9.17) is 14.2 Å². The molecule has 0 aliphatic heterocycles.